The molecular weight excluding hydrogens is 230 g/mol. The number of hydrogen-bond donors (Lipinski definition) is 2. The lowest BCUT2D eigenvalue weighted by Crippen LogP contribution is -2.36. The van der Waals surface area contributed by atoms with Gasteiger partial charge in [0, 0.05) is 19.4 Å². The topological polar surface area (TPSA) is 77.2 Å². The van der Waals surface area contributed by atoms with Crippen molar-refractivity contribution in [3.8, 4) is 0 Å². The molecule has 3 N–H and O–H groups in total. The first-order chi connectivity index (χ1) is 8.54. The number of pyridine rings is 1. The lowest BCUT2D eigenvalue weighted by atomic mass is 10.1. The molecule has 1 aromatic rings. The van der Waals surface area contributed by atoms with Gasteiger partial charge < -0.3 is 15.8 Å². The molecule has 0 aliphatic carbocycles. The van der Waals surface area contributed by atoms with Crippen LogP contribution in [0.15, 0.2) is 12.1 Å². The first-order valence-electron chi connectivity index (χ1n) is 6.04. The van der Waals surface area contributed by atoms with Gasteiger partial charge in [0.2, 0.25) is 5.91 Å². The smallest absolute Gasteiger partial charge is 0.241 e. The summed E-state index contributed by atoms with van der Waals surface area (Å²) in [5.41, 5.74) is 8.24. The van der Waals surface area contributed by atoms with Crippen LogP contribution in [0.5, 0.6) is 0 Å². The summed E-state index contributed by atoms with van der Waals surface area (Å²) in [6, 6.07) is 3.19. The van der Waals surface area contributed by atoms with Crippen molar-refractivity contribution in [3.63, 3.8) is 0 Å². The van der Waals surface area contributed by atoms with Crippen LogP contribution >= 0.6 is 0 Å². The molecule has 0 fully saturated rings. The van der Waals surface area contributed by atoms with Gasteiger partial charge in [-0.3, -0.25) is 9.78 Å². The number of methoxy groups -OCH3 is 1. The lowest BCUT2D eigenvalue weighted by Gasteiger charge is -2.13. The Labute approximate surface area is 108 Å². The van der Waals surface area contributed by atoms with Gasteiger partial charge in [-0.25, -0.2) is 0 Å². The van der Waals surface area contributed by atoms with Crippen LogP contribution in [0.3, 0.4) is 0 Å². The lowest BCUT2D eigenvalue weighted by molar-refractivity contribution is -0.117. The molecule has 1 heterocycles. The Kier molecular flexibility index (Phi) is 5.74. The van der Waals surface area contributed by atoms with E-state index in [0.717, 1.165) is 17.8 Å². The molecule has 1 unspecified atom stereocenters. The molecular formula is C13H21N3O2. The number of nitrogens with one attached hydrogen (secondary N) is 1. The van der Waals surface area contributed by atoms with E-state index in [0.29, 0.717) is 18.7 Å². The maximum Gasteiger partial charge on any atom is 0.241 e. The summed E-state index contributed by atoms with van der Waals surface area (Å²) in [5, 5.41) is 2.80. The number of anilines is 1. The molecule has 0 aliphatic heterocycles. The average Bonchev–Trinajstić information content (AvgIpc) is 2.32. The molecule has 0 bridgehead atoms. The first-order valence-corrected chi connectivity index (χ1v) is 6.04. The second-order valence-electron chi connectivity index (χ2n) is 4.32. The number of nitrogens with zero attached hydrogens (tertiary/aromatic N) is 1. The molecule has 0 aromatic carbocycles. The van der Waals surface area contributed by atoms with Crippen molar-refractivity contribution in [2.45, 2.75) is 32.7 Å². The Bertz CT molecular complexity index is 407. The third-order valence-corrected chi connectivity index (χ3v) is 2.68. The molecule has 1 aromatic heterocycles. The number of aryl methyl sites for hydroxylation is 2. The van der Waals surface area contributed by atoms with Gasteiger partial charge in [-0.1, -0.05) is 0 Å². The molecule has 18 heavy (non-hydrogen) atoms. The van der Waals surface area contributed by atoms with Crippen molar-refractivity contribution in [2.75, 3.05) is 19.0 Å². The van der Waals surface area contributed by atoms with E-state index in [1.807, 2.05) is 26.0 Å². The summed E-state index contributed by atoms with van der Waals surface area (Å²) >= 11 is 0. The van der Waals surface area contributed by atoms with Gasteiger partial charge in [-0.05, 0) is 38.8 Å². The molecule has 0 aliphatic rings. The van der Waals surface area contributed by atoms with Gasteiger partial charge in [0.25, 0.3) is 0 Å². The number of ether oxygens (including phenoxy) is 1. The van der Waals surface area contributed by atoms with Crippen molar-refractivity contribution in [3.05, 3.63) is 23.5 Å². The van der Waals surface area contributed by atoms with Crippen molar-refractivity contribution in [1.82, 2.24) is 4.98 Å². The van der Waals surface area contributed by atoms with E-state index >= 15 is 0 Å². The van der Waals surface area contributed by atoms with E-state index < -0.39 is 6.04 Å². The van der Waals surface area contributed by atoms with Crippen molar-refractivity contribution in [2.24, 2.45) is 5.73 Å². The second kappa shape index (κ2) is 7.08. The molecule has 5 heteroatoms. The third kappa shape index (κ3) is 4.43. The summed E-state index contributed by atoms with van der Waals surface area (Å²) in [6.45, 7) is 4.39. The van der Waals surface area contributed by atoms with Gasteiger partial charge >= 0.3 is 0 Å². The Morgan fingerprint density at radius 2 is 2.22 bits per heavy atom. The van der Waals surface area contributed by atoms with Crippen molar-refractivity contribution < 1.29 is 9.53 Å². The van der Waals surface area contributed by atoms with Crippen LogP contribution < -0.4 is 11.1 Å². The fourth-order valence-corrected chi connectivity index (χ4v) is 1.62. The van der Waals surface area contributed by atoms with E-state index in [1.165, 1.54) is 0 Å². The predicted octanol–water partition coefficient (Wildman–Crippen LogP) is 1.39. The summed E-state index contributed by atoms with van der Waals surface area (Å²) in [7, 11) is 1.63. The van der Waals surface area contributed by atoms with Crippen LogP contribution in [0.4, 0.5) is 5.69 Å². The molecule has 0 saturated heterocycles. The SMILES string of the molecule is COCCCC(N)C(=O)Nc1ccc(C)nc1C. The van der Waals surface area contributed by atoms with E-state index in [1.54, 1.807) is 7.11 Å². The quantitative estimate of drug-likeness (QED) is 0.749. The minimum atomic E-state index is -0.513. The third-order valence-electron chi connectivity index (χ3n) is 2.68. The highest BCUT2D eigenvalue weighted by atomic mass is 16.5. The molecule has 100 valence electrons. The maximum absolute atomic E-state index is 11.8. The zero-order valence-electron chi connectivity index (χ0n) is 11.2. The van der Waals surface area contributed by atoms with Gasteiger partial charge in [-0.15, -0.1) is 0 Å². The number of carbonyl (C=O) groups excluding carboxylic acids is 1. The van der Waals surface area contributed by atoms with Crippen LogP contribution in [0.25, 0.3) is 0 Å². The van der Waals surface area contributed by atoms with E-state index in [2.05, 4.69) is 10.3 Å². The highest BCUT2D eigenvalue weighted by molar-refractivity contribution is 5.95. The molecule has 1 rings (SSSR count). The Morgan fingerprint density at radius 1 is 1.50 bits per heavy atom. The summed E-state index contributed by atoms with van der Waals surface area (Å²) in [4.78, 5) is 16.1. The minimum absolute atomic E-state index is 0.181. The number of amides is 1. The fraction of sp³-hybridized carbons (Fsp3) is 0.538. The van der Waals surface area contributed by atoms with Crippen LogP contribution in [-0.2, 0) is 9.53 Å². The van der Waals surface area contributed by atoms with Crippen LogP contribution in [0.2, 0.25) is 0 Å². The van der Waals surface area contributed by atoms with Crippen molar-refractivity contribution >= 4 is 11.6 Å². The predicted molar refractivity (Wildman–Crippen MR) is 71.4 cm³/mol. The number of hydrogen-bond acceptors (Lipinski definition) is 4. The van der Waals surface area contributed by atoms with Crippen LogP contribution in [0.1, 0.15) is 24.2 Å². The second-order valence-corrected chi connectivity index (χ2v) is 4.32. The molecule has 1 atom stereocenters. The van der Waals surface area contributed by atoms with Gasteiger partial charge in [0.1, 0.15) is 0 Å². The fourth-order valence-electron chi connectivity index (χ4n) is 1.62. The molecule has 0 radical (unpaired) electrons. The van der Waals surface area contributed by atoms with Crippen LogP contribution in [0, 0.1) is 13.8 Å². The minimum Gasteiger partial charge on any atom is -0.385 e. The summed E-state index contributed by atoms with van der Waals surface area (Å²) in [6.07, 6.45) is 1.38. The summed E-state index contributed by atoms with van der Waals surface area (Å²) < 4.78 is 4.93. The monoisotopic (exact) mass is 251 g/mol. The van der Waals surface area contributed by atoms with E-state index in [4.69, 9.17) is 10.5 Å². The number of rotatable bonds is 6. The normalized spacial score (nSPS) is 12.2. The molecule has 5 nitrogen and oxygen atoms in total. The van der Waals surface area contributed by atoms with E-state index in [-0.39, 0.29) is 5.91 Å². The molecule has 0 spiro atoms. The maximum atomic E-state index is 11.8. The Morgan fingerprint density at radius 3 is 2.83 bits per heavy atom. The van der Waals surface area contributed by atoms with Gasteiger partial charge in [0.15, 0.2) is 0 Å². The number of aromatic nitrogens is 1. The Hall–Kier alpha value is -1.46. The molecule has 0 saturated carbocycles. The van der Waals surface area contributed by atoms with Gasteiger partial charge in [0.05, 0.1) is 17.4 Å². The van der Waals surface area contributed by atoms with Gasteiger partial charge in [-0.2, -0.15) is 0 Å². The summed E-state index contributed by atoms with van der Waals surface area (Å²) in [5.74, 6) is -0.181. The largest absolute Gasteiger partial charge is 0.385 e. The zero-order valence-corrected chi connectivity index (χ0v) is 11.2. The highest BCUT2D eigenvalue weighted by Crippen LogP contribution is 2.13. The standard InChI is InChI=1S/C13H21N3O2/c1-9-6-7-12(10(2)15-9)16-13(17)11(14)5-4-8-18-3/h6-7,11H,4-5,8,14H2,1-3H3,(H,16,17). The number of nitrogens with two attached hydrogens (primary N) is 1. The highest BCUT2D eigenvalue weighted by Gasteiger charge is 2.14. The van der Waals surface area contributed by atoms with Crippen molar-refractivity contribution in [1.29, 1.82) is 0 Å². The zero-order chi connectivity index (χ0) is 13.5. The van der Waals surface area contributed by atoms with Crippen LogP contribution in [-0.4, -0.2) is 30.6 Å². The van der Waals surface area contributed by atoms with E-state index in [9.17, 15) is 4.79 Å². The Balaban J connectivity index is 2.53. The average molecular weight is 251 g/mol. The number of carbonyl (C=O) groups is 1. The first kappa shape index (κ1) is 14.6. The molecule has 1 amide bonds.